The summed E-state index contributed by atoms with van der Waals surface area (Å²) in [5, 5.41) is 21.2. The van der Waals surface area contributed by atoms with Crippen LogP contribution in [0.3, 0.4) is 0 Å². The lowest BCUT2D eigenvalue weighted by Crippen LogP contribution is -2.31. The fraction of sp³-hybridized carbons (Fsp3) is 0.222. The first-order valence-corrected chi connectivity index (χ1v) is 4.02. The molecule has 3 N–H and O–H groups in total. The normalized spacial score (nSPS) is 14.9. The lowest BCUT2D eigenvalue weighted by Gasteiger charge is -2.17. The van der Waals surface area contributed by atoms with Gasteiger partial charge in [0, 0.05) is 6.54 Å². The average molecular weight is 179 g/mol. The second-order valence-corrected chi connectivity index (χ2v) is 2.97. The molecule has 1 amide bonds. The summed E-state index contributed by atoms with van der Waals surface area (Å²) in [7, 11) is 0. The number of hydrogen-bond acceptors (Lipinski definition) is 3. The maximum absolute atomic E-state index is 11.3. The first kappa shape index (κ1) is 7.91. The second-order valence-electron chi connectivity index (χ2n) is 2.97. The Morgan fingerprint density at radius 1 is 1.31 bits per heavy atom. The van der Waals surface area contributed by atoms with Crippen LogP contribution in [-0.2, 0) is 6.42 Å². The maximum Gasteiger partial charge on any atom is 0.255 e. The van der Waals surface area contributed by atoms with Crippen molar-refractivity contribution < 1.29 is 15.0 Å². The number of hydrogen-bond donors (Lipinski definition) is 3. The number of phenols is 2. The number of aromatic hydroxyl groups is 2. The van der Waals surface area contributed by atoms with Gasteiger partial charge in [0.25, 0.3) is 5.91 Å². The van der Waals surface area contributed by atoms with Crippen molar-refractivity contribution in [1.29, 1.82) is 0 Å². The Balaban J connectivity index is 2.65. The van der Waals surface area contributed by atoms with Crippen LogP contribution >= 0.6 is 0 Å². The molecule has 68 valence electrons. The van der Waals surface area contributed by atoms with Crippen molar-refractivity contribution in [3.63, 3.8) is 0 Å². The molecule has 0 saturated heterocycles. The van der Waals surface area contributed by atoms with E-state index >= 15 is 0 Å². The number of carbonyl (C=O) groups is 1. The number of fused-ring (bicyclic) bond motifs is 1. The third kappa shape index (κ3) is 1.11. The van der Waals surface area contributed by atoms with E-state index in [9.17, 15) is 9.90 Å². The van der Waals surface area contributed by atoms with Gasteiger partial charge in [-0.15, -0.1) is 0 Å². The molecule has 4 heteroatoms. The Morgan fingerprint density at radius 2 is 2.08 bits per heavy atom. The Labute approximate surface area is 74.8 Å². The molecule has 1 aliphatic heterocycles. The van der Waals surface area contributed by atoms with Crippen molar-refractivity contribution >= 4 is 5.91 Å². The number of carbonyl (C=O) groups excluding carboxylic acids is 1. The number of rotatable bonds is 0. The first-order valence-electron chi connectivity index (χ1n) is 4.02. The minimum absolute atomic E-state index is 0.200. The van der Waals surface area contributed by atoms with E-state index in [1.807, 2.05) is 0 Å². The van der Waals surface area contributed by atoms with Crippen molar-refractivity contribution in [2.24, 2.45) is 0 Å². The zero-order valence-corrected chi connectivity index (χ0v) is 6.87. The summed E-state index contributed by atoms with van der Waals surface area (Å²) >= 11 is 0. The molecule has 0 atom stereocenters. The summed E-state index contributed by atoms with van der Waals surface area (Å²) in [6, 6.07) is 3.05. The number of benzene rings is 1. The quantitative estimate of drug-likeness (QED) is 0.504. The monoisotopic (exact) mass is 179 g/mol. The molecule has 4 nitrogen and oxygen atoms in total. The summed E-state index contributed by atoms with van der Waals surface area (Å²) in [6.07, 6.45) is 0.689. The molecule has 1 aromatic carbocycles. The Bertz CT molecular complexity index is 373. The lowest BCUT2D eigenvalue weighted by atomic mass is 9.99. The summed E-state index contributed by atoms with van der Waals surface area (Å²) in [5.74, 6) is -0.903. The van der Waals surface area contributed by atoms with Crippen LogP contribution in [0.5, 0.6) is 11.5 Å². The summed E-state index contributed by atoms with van der Waals surface area (Å²) in [6.45, 7) is 0.579. The van der Waals surface area contributed by atoms with Gasteiger partial charge >= 0.3 is 0 Å². The molecule has 0 spiro atoms. The first-order chi connectivity index (χ1) is 6.20. The van der Waals surface area contributed by atoms with Gasteiger partial charge in [-0.2, -0.15) is 0 Å². The van der Waals surface area contributed by atoms with Gasteiger partial charge < -0.3 is 15.5 Å². The molecular formula is C9H9NO3. The van der Waals surface area contributed by atoms with Crippen LogP contribution in [0.25, 0.3) is 0 Å². The Kier molecular flexibility index (Phi) is 1.62. The van der Waals surface area contributed by atoms with Gasteiger partial charge in [-0.05, 0) is 18.1 Å². The SMILES string of the molecule is O=C1NCCc2ccc(O)c(O)c21. The molecule has 1 heterocycles. The lowest BCUT2D eigenvalue weighted by molar-refractivity contribution is 0.0942. The minimum Gasteiger partial charge on any atom is -0.504 e. The summed E-state index contributed by atoms with van der Waals surface area (Å²) in [5.41, 5.74) is 0.977. The highest BCUT2D eigenvalue weighted by Gasteiger charge is 2.22. The molecule has 1 aromatic rings. The van der Waals surface area contributed by atoms with Gasteiger partial charge in [0.05, 0.1) is 5.56 Å². The van der Waals surface area contributed by atoms with Crippen molar-refractivity contribution in [3.05, 3.63) is 23.3 Å². The van der Waals surface area contributed by atoms with Crippen LogP contribution in [0.1, 0.15) is 15.9 Å². The smallest absolute Gasteiger partial charge is 0.255 e. The van der Waals surface area contributed by atoms with Crippen LogP contribution in [-0.4, -0.2) is 22.7 Å². The van der Waals surface area contributed by atoms with E-state index in [1.54, 1.807) is 6.07 Å². The van der Waals surface area contributed by atoms with Crippen LogP contribution < -0.4 is 5.32 Å². The van der Waals surface area contributed by atoms with Crippen LogP contribution in [0, 0.1) is 0 Å². The standard InChI is InChI=1S/C9H9NO3/c11-6-2-1-5-3-4-10-9(13)7(5)8(6)12/h1-2,11-12H,3-4H2,(H,10,13). The Morgan fingerprint density at radius 3 is 2.85 bits per heavy atom. The zero-order chi connectivity index (χ0) is 9.42. The van der Waals surface area contributed by atoms with E-state index in [-0.39, 0.29) is 23.0 Å². The van der Waals surface area contributed by atoms with Gasteiger partial charge in [0.2, 0.25) is 0 Å². The van der Waals surface area contributed by atoms with Crippen molar-refractivity contribution in [1.82, 2.24) is 5.32 Å². The van der Waals surface area contributed by atoms with E-state index in [0.29, 0.717) is 13.0 Å². The molecule has 0 aliphatic carbocycles. The van der Waals surface area contributed by atoms with E-state index < -0.39 is 0 Å². The summed E-state index contributed by atoms with van der Waals surface area (Å²) in [4.78, 5) is 11.3. The molecule has 1 aliphatic rings. The highest BCUT2D eigenvalue weighted by atomic mass is 16.3. The van der Waals surface area contributed by atoms with E-state index in [2.05, 4.69) is 5.32 Å². The highest BCUT2D eigenvalue weighted by molar-refractivity contribution is 6.00. The topological polar surface area (TPSA) is 69.6 Å². The van der Waals surface area contributed by atoms with Crippen LogP contribution in [0.2, 0.25) is 0 Å². The molecule has 0 saturated carbocycles. The molecule has 13 heavy (non-hydrogen) atoms. The second kappa shape index (κ2) is 2.65. The average Bonchev–Trinajstić information content (AvgIpc) is 2.12. The third-order valence-electron chi connectivity index (χ3n) is 2.15. The number of phenolic OH excluding ortho intramolecular Hbond substituents is 2. The van der Waals surface area contributed by atoms with E-state index in [0.717, 1.165) is 5.56 Å². The van der Waals surface area contributed by atoms with Gasteiger partial charge in [0.1, 0.15) is 0 Å². The molecule has 0 fully saturated rings. The fourth-order valence-electron chi connectivity index (χ4n) is 1.48. The van der Waals surface area contributed by atoms with Gasteiger partial charge in [0.15, 0.2) is 11.5 Å². The van der Waals surface area contributed by atoms with Gasteiger partial charge in [-0.1, -0.05) is 6.07 Å². The van der Waals surface area contributed by atoms with E-state index in [1.165, 1.54) is 6.07 Å². The maximum atomic E-state index is 11.3. The molecule has 0 unspecified atom stereocenters. The molecule has 0 radical (unpaired) electrons. The molecular weight excluding hydrogens is 170 g/mol. The van der Waals surface area contributed by atoms with Crippen LogP contribution in [0.4, 0.5) is 0 Å². The Hall–Kier alpha value is -1.71. The molecule has 0 aromatic heterocycles. The van der Waals surface area contributed by atoms with Crippen LogP contribution in [0.15, 0.2) is 12.1 Å². The minimum atomic E-state index is -0.324. The van der Waals surface area contributed by atoms with Crippen molar-refractivity contribution in [2.45, 2.75) is 6.42 Å². The van der Waals surface area contributed by atoms with Gasteiger partial charge in [-0.3, -0.25) is 4.79 Å². The highest BCUT2D eigenvalue weighted by Crippen LogP contribution is 2.32. The molecule has 2 rings (SSSR count). The number of nitrogens with one attached hydrogen (secondary N) is 1. The van der Waals surface area contributed by atoms with Gasteiger partial charge in [-0.25, -0.2) is 0 Å². The van der Waals surface area contributed by atoms with Crippen molar-refractivity contribution in [3.8, 4) is 11.5 Å². The van der Waals surface area contributed by atoms with Crippen molar-refractivity contribution in [2.75, 3.05) is 6.54 Å². The van der Waals surface area contributed by atoms with E-state index in [4.69, 9.17) is 5.11 Å². The third-order valence-corrected chi connectivity index (χ3v) is 2.15. The predicted molar refractivity (Wildman–Crippen MR) is 45.8 cm³/mol. The number of amides is 1. The molecule has 0 bridgehead atoms. The largest absolute Gasteiger partial charge is 0.504 e. The predicted octanol–water partition coefficient (Wildman–Crippen LogP) is 0.384. The summed E-state index contributed by atoms with van der Waals surface area (Å²) < 4.78 is 0. The fourth-order valence-corrected chi connectivity index (χ4v) is 1.48. The zero-order valence-electron chi connectivity index (χ0n) is 6.87.